The number of aliphatic hydroxyl groups is 1. The minimum atomic E-state index is -0.456. The van der Waals surface area contributed by atoms with Gasteiger partial charge >= 0.3 is 0 Å². The molecule has 16 heavy (non-hydrogen) atoms. The molecule has 0 aromatic heterocycles. The highest BCUT2D eigenvalue weighted by molar-refractivity contribution is 7.99. The van der Waals surface area contributed by atoms with Gasteiger partial charge in [0.25, 0.3) is 0 Å². The second-order valence-corrected chi connectivity index (χ2v) is 5.72. The zero-order valence-corrected chi connectivity index (χ0v) is 10.4. The van der Waals surface area contributed by atoms with Crippen molar-refractivity contribution >= 4 is 23.4 Å². The molecule has 4 heteroatoms. The highest BCUT2D eigenvalue weighted by Crippen LogP contribution is 2.28. The summed E-state index contributed by atoms with van der Waals surface area (Å²) >= 11 is 7.66. The SMILES string of the molecule is OC(Cc1cc(Cl)ccc1F)C1CCSC1. The van der Waals surface area contributed by atoms with E-state index in [2.05, 4.69) is 0 Å². The minimum Gasteiger partial charge on any atom is -0.392 e. The number of halogens is 2. The van der Waals surface area contributed by atoms with Crippen LogP contribution in [0, 0.1) is 11.7 Å². The maximum atomic E-state index is 13.4. The van der Waals surface area contributed by atoms with E-state index in [-0.39, 0.29) is 5.82 Å². The van der Waals surface area contributed by atoms with E-state index in [9.17, 15) is 9.50 Å². The molecule has 2 unspecified atom stereocenters. The molecule has 0 radical (unpaired) electrons. The van der Waals surface area contributed by atoms with Gasteiger partial charge in [-0.15, -0.1) is 0 Å². The largest absolute Gasteiger partial charge is 0.392 e. The van der Waals surface area contributed by atoms with Crippen LogP contribution in [0.3, 0.4) is 0 Å². The Morgan fingerprint density at radius 2 is 2.38 bits per heavy atom. The van der Waals surface area contributed by atoms with Gasteiger partial charge < -0.3 is 5.11 Å². The Bertz CT molecular complexity index is 366. The quantitative estimate of drug-likeness (QED) is 0.901. The highest BCUT2D eigenvalue weighted by atomic mass is 35.5. The molecular formula is C12H14ClFOS. The number of hydrogen-bond acceptors (Lipinski definition) is 2. The second kappa shape index (κ2) is 5.39. The molecule has 0 bridgehead atoms. The first-order valence-electron chi connectivity index (χ1n) is 5.36. The maximum Gasteiger partial charge on any atom is 0.126 e. The Morgan fingerprint density at radius 3 is 3.06 bits per heavy atom. The molecule has 0 spiro atoms. The summed E-state index contributed by atoms with van der Waals surface area (Å²) in [7, 11) is 0. The molecule has 1 saturated heterocycles. The first kappa shape index (κ1) is 12.2. The van der Waals surface area contributed by atoms with Gasteiger partial charge in [-0.25, -0.2) is 4.39 Å². The Hall–Kier alpha value is -0.250. The molecular weight excluding hydrogens is 247 g/mol. The van der Waals surface area contributed by atoms with E-state index in [4.69, 9.17) is 11.6 Å². The molecule has 1 aliphatic rings. The summed E-state index contributed by atoms with van der Waals surface area (Å²) in [6.45, 7) is 0. The van der Waals surface area contributed by atoms with Crippen LogP contribution in [0.5, 0.6) is 0 Å². The van der Waals surface area contributed by atoms with E-state index in [1.807, 2.05) is 11.8 Å². The Balaban J connectivity index is 2.04. The van der Waals surface area contributed by atoms with Gasteiger partial charge in [-0.3, -0.25) is 0 Å². The van der Waals surface area contributed by atoms with Gasteiger partial charge in [0.05, 0.1) is 6.10 Å². The van der Waals surface area contributed by atoms with Gasteiger partial charge in [0.15, 0.2) is 0 Å². The Labute approximate surface area is 104 Å². The van der Waals surface area contributed by atoms with Crippen molar-refractivity contribution in [1.82, 2.24) is 0 Å². The van der Waals surface area contributed by atoms with Crippen molar-refractivity contribution in [2.45, 2.75) is 18.9 Å². The summed E-state index contributed by atoms with van der Waals surface area (Å²) in [5.41, 5.74) is 0.511. The van der Waals surface area contributed by atoms with E-state index in [1.54, 1.807) is 6.07 Å². The number of thioether (sulfide) groups is 1. The molecule has 1 heterocycles. The minimum absolute atomic E-state index is 0.283. The van der Waals surface area contributed by atoms with Crippen molar-refractivity contribution in [2.75, 3.05) is 11.5 Å². The predicted molar refractivity (Wildman–Crippen MR) is 66.6 cm³/mol. The third-order valence-electron chi connectivity index (χ3n) is 2.95. The lowest BCUT2D eigenvalue weighted by atomic mass is 9.95. The van der Waals surface area contributed by atoms with Crippen LogP contribution in [-0.4, -0.2) is 22.7 Å². The van der Waals surface area contributed by atoms with Crippen molar-refractivity contribution in [3.63, 3.8) is 0 Å². The van der Waals surface area contributed by atoms with Gasteiger partial charge in [-0.1, -0.05) is 11.6 Å². The third-order valence-corrected chi connectivity index (χ3v) is 4.37. The van der Waals surface area contributed by atoms with Crippen LogP contribution in [-0.2, 0) is 6.42 Å². The van der Waals surface area contributed by atoms with Crippen LogP contribution in [0.15, 0.2) is 18.2 Å². The fraction of sp³-hybridized carbons (Fsp3) is 0.500. The predicted octanol–water partition coefficient (Wildman–Crippen LogP) is 3.14. The fourth-order valence-corrected chi connectivity index (χ4v) is 3.47. The molecule has 0 amide bonds. The molecule has 1 aliphatic heterocycles. The molecule has 1 aromatic rings. The van der Waals surface area contributed by atoms with Gasteiger partial charge in [0.1, 0.15) is 5.82 Å². The van der Waals surface area contributed by atoms with Gasteiger partial charge in [0.2, 0.25) is 0 Å². The van der Waals surface area contributed by atoms with Crippen molar-refractivity contribution in [1.29, 1.82) is 0 Å². The van der Waals surface area contributed by atoms with Crippen LogP contribution in [0.25, 0.3) is 0 Å². The van der Waals surface area contributed by atoms with Crippen molar-refractivity contribution in [2.24, 2.45) is 5.92 Å². The normalized spacial score (nSPS) is 22.3. The number of benzene rings is 1. The van der Waals surface area contributed by atoms with E-state index in [1.165, 1.54) is 12.1 Å². The summed E-state index contributed by atoms with van der Waals surface area (Å²) in [5.74, 6) is 2.08. The average molecular weight is 261 g/mol. The van der Waals surface area contributed by atoms with Crippen LogP contribution < -0.4 is 0 Å². The molecule has 2 atom stereocenters. The zero-order chi connectivity index (χ0) is 11.5. The molecule has 2 rings (SSSR count). The fourth-order valence-electron chi connectivity index (χ4n) is 1.95. The monoisotopic (exact) mass is 260 g/mol. The van der Waals surface area contributed by atoms with E-state index >= 15 is 0 Å². The van der Waals surface area contributed by atoms with Crippen LogP contribution >= 0.6 is 23.4 Å². The number of hydrogen-bond donors (Lipinski definition) is 1. The molecule has 1 fully saturated rings. The molecule has 1 nitrogen and oxygen atoms in total. The van der Waals surface area contributed by atoms with Gasteiger partial charge in [-0.2, -0.15) is 11.8 Å². The van der Waals surface area contributed by atoms with Crippen LogP contribution in [0.2, 0.25) is 5.02 Å². The average Bonchev–Trinajstić information content (AvgIpc) is 2.76. The Kier molecular flexibility index (Phi) is 4.11. The zero-order valence-electron chi connectivity index (χ0n) is 8.83. The summed E-state index contributed by atoms with van der Waals surface area (Å²) in [6.07, 6.45) is 0.925. The smallest absolute Gasteiger partial charge is 0.126 e. The van der Waals surface area contributed by atoms with Crippen molar-refractivity contribution in [3.05, 3.63) is 34.6 Å². The topological polar surface area (TPSA) is 20.2 Å². The van der Waals surface area contributed by atoms with Crippen molar-refractivity contribution < 1.29 is 9.50 Å². The highest BCUT2D eigenvalue weighted by Gasteiger charge is 2.24. The second-order valence-electron chi connectivity index (χ2n) is 4.13. The maximum absolute atomic E-state index is 13.4. The van der Waals surface area contributed by atoms with E-state index < -0.39 is 6.10 Å². The Morgan fingerprint density at radius 1 is 1.56 bits per heavy atom. The lowest BCUT2D eigenvalue weighted by Gasteiger charge is -2.17. The molecule has 0 saturated carbocycles. The van der Waals surface area contributed by atoms with Gasteiger partial charge in [-0.05, 0) is 47.6 Å². The van der Waals surface area contributed by atoms with Crippen LogP contribution in [0.1, 0.15) is 12.0 Å². The van der Waals surface area contributed by atoms with E-state index in [0.717, 1.165) is 17.9 Å². The summed E-state index contributed by atoms with van der Waals surface area (Å²) in [6, 6.07) is 4.48. The first-order chi connectivity index (χ1) is 7.66. The lowest BCUT2D eigenvalue weighted by Crippen LogP contribution is -2.23. The molecule has 1 N–H and O–H groups in total. The standard InChI is InChI=1S/C12H14ClFOS/c13-10-1-2-11(14)9(5-10)6-12(15)8-3-4-16-7-8/h1-2,5,8,12,15H,3-4,6-7H2. The number of aliphatic hydroxyl groups excluding tert-OH is 1. The summed E-state index contributed by atoms with van der Waals surface area (Å²) < 4.78 is 13.4. The number of rotatable bonds is 3. The summed E-state index contributed by atoms with van der Waals surface area (Å²) in [4.78, 5) is 0. The van der Waals surface area contributed by atoms with Crippen molar-refractivity contribution in [3.8, 4) is 0 Å². The van der Waals surface area contributed by atoms with E-state index in [0.29, 0.717) is 22.9 Å². The molecule has 88 valence electrons. The van der Waals surface area contributed by atoms with Gasteiger partial charge in [0, 0.05) is 11.4 Å². The third kappa shape index (κ3) is 2.90. The first-order valence-corrected chi connectivity index (χ1v) is 6.90. The van der Waals surface area contributed by atoms with Crippen LogP contribution in [0.4, 0.5) is 4.39 Å². The molecule has 1 aromatic carbocycles. The summed E-state index contributed by atoms with van der Waals surface area (Å²) in [5, 5.41) is 10.5. The lowest BCUT2D eigenvalue weighted by molar-refractivity contribution is 0.119. The molecule has 0 aliphatic carbocycles.